The lowest BCUT2D eigenvalue weighted by Gasteiger charge is -2.41. The molecule has 0 aromatic carbocycles. The zero-order chi connectivity index (χ0) is 23.4. The summed E-state index contributed by atoms with van der Waals surface area (Å²) in [4.78, 5) is 27.1. The third kappa shape index (κ3) is 2.84. The summed E-state index contributed by atoms with van der Waals surface area (Å²) < 4.78 is 65.9. The fourth-order valence-electron chi connectivity index (χ4n) is 2.39. The van der Waals surface area contributed by atoms with Crippen molar-refractivity contribution in [1.82, 2.24) is 19.9 Å². The molecule has 0 unspecified atom stereocenters. The van der Waals surface area contributed by atoms with Crippen molar-refractivity contribution in [3.63, 3.8) is 0 Å². The van der Waals surface area contributed by atoms with Gasteiger partial charge < -0.3 is 19.6 Å². The molecule has 0 aliphatic carbocycles. The molecule has 1 saturated heterocycles. The van der Waals surface area contributed by atoms with E-state index in [-0.39, 0.29) is 23.3 Å². The van der Waals surface area contributed by atoms with E-state index in [0.29, 0.717) is 4.90 Å². The third-order valence-electron chi connectivity index (χ3n) is 3.63. The Balaban J connectivity index is 2.25. The molecule has 7 heteroatoms. The van der Waals surface area contributed by atoms with E-state index < -0.39 is 50.7 Å². The smallest absolute Gasteiger partial charge is 0.302 e. The van der Waals surface area contributed by atoms with E-state index in [4.69, 9.17) is 17.5 Å². The van der Waals surface area contributed by atoms with Crippen LogP contribution < -0.4 is 4.90 Å². The lowest BCUT2D eigenvalue weighted by Crippen LogP contribution is -2.53. The fraction of sp³-hybridized carbons (Fsp3) is 0.500. The summed E-state index contributed by atoms with van der Waals surface area (Å²) in [5.74, 6) is -2.18. The van der Waals surface area contributed by atoms with Gasteiger partial charge in [0.05, 0.1) is 14.2 Å². The van der Waals surface area contributed by atoms with Gasteiger partial charge in [-0.05, 0) is 18.4 Å². The Morgan fingerprint density at radius 2 is 2.61 bits per heavy atom. The Kier molecular flexibility index (Phi) is 2.25. The van der Waals surface area contributed by atoms with Crippen molar-refractivity contribution in [2.45, 2.75) is 19.4 Å². The molecule has 0 saturated carbocycles. The van der Waals surface area contributed by atoms with Crippen molar-refractivity contribution < 1.29 is 15.8 Å². The minimum absolute atomic E-state index is 0.185. The minimum atomic E-state index is -2.95. The summed E-state index contributed by atoms with van der Waals surface area (Å²) in [7, 11) is 0. The van der Waals surface area contributed by atoms with Crippen LogP contribution in [0.1, 0.15) is 24.3 Å². The Hall–Kier alpha value is -2.62. The number of anilines is 1. The van der Waals surface area contributed by atoms with E-state index >= 15 is 0 Å². The third-order valence-corrected chi connectivity index (χ3v) is 3.63. The number of likely N-dealkylation sites (tertiary alicyclic amines) is 1. The van der Waals surface area contributed by atoms with Crippen molar-refractivity contribution in [1.29, 1.82) is 0 Å². The predicted octanol–water partition coefficient (Wildman–Crippen LogP) is 1.55. The second-order valence-electron chi connectivity index (χ2n) is 5.22. The fourth-order valence-corrected chi connectivity index (χ4v) is 2.39. The van der Waals surface area contributed by atoms with Crippen LogP contribution in [0.2, 0.25) is 0 Å². The van der Waals surface area contributed by atoms with Gasteiger partial charge in [0.2, 0.25) is 0 Å². The molecule has 1 N–H and O–H groups in total. The topological polar surface area (TPSA) is 69.5 Å². The first-order chi connectivity index (χ1) is 14.2. The van der Waals surface area contributed by atoms with Crippen LogP contribution in [-0.2, 0) is 4.79 Å². The van der Waals surface area contributed by atoms with Gasteiger partial charge in [0.1, 0.15) is 19.1 Å². The molecule has 120 valence electrons. The number of carbonyl (C=O) groups excluding carboxylic acids is 1. The minimum Gasteiger partial charge on any atom is -0.354 e. The second kappa shape index (κ2) is 6.24. The molecule has 23 heavy (non-hydrogen) atoms. The van der Waals surface area contributed by atoms with Gasteiger partial charge in [-0.25, -0.2) is 16.5 Å². The highest BCUT2D eigenvalue weighted by atomic mass is 16.2. The number of carbonyl (C=O) groups is 1. The number of likely N-dealkylation sites (N-methyl/N-ethyl adjacent to an activating group) is 1. The number of aromatic amines is 1. The first-order valence-corrected chi connectivity index (χ1v) is 6.99. The number of fused-ring (bicyclic) bond motifs is 1. The average Bonchev–Trinajstić information content (AvgIpc) is 3.04. The normalized spacial score (nSPS) is 31.2. The first kappa shape index (κ1) is 8.29. The van der Waals surface area contributed by atoms with Crippen molar-refractivity contribution in [2.24, 2.45) is 5.92 Å². The van der Waals surface area contributed by atoms with Gasteiger partial charge >= 0.3 is 5.91 Å². The van der Waals surface area contributed by atoms with Gasteiger partial charge in [0.25, 0.3) is 6.54 Å². The Labute approximate surface area is 146 Å². The number of hydrogen-bond donors (Lipinski definition) is 1. The van der Waals surface area contributed by atoms with Crippen molar-refractivity contribution in [3.05, 3.63) is 30.0 Å². The number of piperidine rings is 1. The molecule has 2 atom stereocenters. The highest BCUT2D eigenvalue weighted by Gasteiger charge is 2.33. The predicted molar refractivity (Wildman–Crippen MR) is 87.9 cm³/mol. The molecule has 1 fully saturated rings. The monoisotopic (exact) mass is 320 g/mol. The molecule has 1 aliphatic heterocycles. The molecule has 0 spiro atoms. The van der Waals surface area contributed by atoms with E-state index in [0.717, 1.165) is 4.90 Å². The van der Waals surface area contributed by atoms with Gasteiger partial charge in [-0.15, -0.1) is 0 Å². The number of nitrogens with zero attached hydrogens (tertiary/aromatic N) is 5. The second-order valence-corrected chi connectivity index (χ2v) is 5.22. The summed E-state index contributed by atoms with van der Waals surface area (Å²) in [5, 5.41) is 0.239. The molecule has 3 rings (SSSR count). The number of nitrogens with one attached hydrogen (secondary N) is 1. The van der Waals surface area contributed by atoms with E-state index in [1.807, 2.05) is 0 Å². The van der Waals surface area contributed by atoms with Crippen molar-refractivity contribution in [3.8, 4) is 0 Å². The van der Waals surface area contributed by atoms with Crippen LogP contribution in [0.4, 0.5) is 5.82 Å². The molecular formula is C16H20N6O. The number of rotatable bonds is 3. The Morgan fingerprint density at radius 1 is 1.74 bits per heavy atom. The van der Waals surface area contributed by atoms with Gasteiger partial charge in [-0.1, -0.05) is 6.92 Å². The standard InChI is InChI=1S/C16H20N6O/c1-11-5-7-22(14(23)8-17-2)9-13(11)21(3)16-12-4-6-18-15(12)19-10-20-16/h4,6,10-11,13H,5,7-9H2,1,3H3,(H,18,19,20)/t11-,13+/m1/s1/i3D3,7D2,9D2,10D. The van der Waals surface area contributed by atoms with Crippen LogP contribution in [0.25, 0.3) is 15.9 Å². The number of amides is 1. The number of hydrogen-bond acceptors (Lipinski definition) is 4. The van der Waals surface area contributed by atoms with Crippen molar-refractivity contribution in [2.75, 3.05) is 31.4 Å². The molecule has 2 aromatic heterocycles. The van der Waals surface area contributed by atoms with Crippen molar-refractivity contribution >= 4 is 22.8 Å². The number of aromatic nitrogens is 3. The molecular weight excluding hydrogens is 292 g/mol. The summed E-state index contributed by atoms with van der Waals surface area (Å²) >= 11 is 0. The van der Waals surface area contributed by atoms with E-state index in [1.165, 1.54) is 19.2 Å². The lowest BCUT2D eigenvalue weighted by atomic mass is 9.92. The van der Waals surface area contributed by atoms with Crippen LogP contribution in [0.5, 0.6) is 0 Å². The van der Waals surface area contributed by atoms with Gasteiger partial charge in [0, 0.05) is 33.0 Å². The quantitative estimate of drug-likeness (QED) is 0.871. The molecule has 3 heterocycles. The highest BCUT2D eigenvalue weighted by Crippen LogP contribution is 2.28. The maximum absolute atomic E-state index is 12.5. The van der Waals surface area contributed by atoms with Gasteiger partial charge in [-0.3, -0.25) is 4.79 Å². The molecule has 7 nitrogen and oxygen atoms in total. The van der Waals surface area contributed by atoms with Gasteiger partial charge in [0.15, 0.2) is 0 Å². The first-order valence-electron chi connectivity index (χ1n) is 11.0. The number of H-pyrrole nitrogens is 1. The maximum Gasteiger partial charge on any atom is 0.302 e. The van der Waals surface area contributed by atoms with Crippen LogP contribution in [0, 0.1) is 12.5 Å². The van der Waals surface area contributed by atoms with Crippen LogP contribution in [-0.4, -0.2) is 58.3 Å². The Morgan fingerprint density at radius 3 is 3.39 bits per heavy atom. The molecule has 2 aromatic rings. The SMILES string of the molecule is [2H]c1nc(N([C@@H]2[C@H](C)CC([2H])([2H])N(C(=O)C[N+]#[C-])C2([2H])[2H])C([2H])([2H])[2H])c2cc[nH]c2n1. The molecule has 1 amide bonds. The summed E-state index contributed by atoms with van der Waals surface area (Å²) in [6.07, 6.45) is 0.630. The zero-order valence-electron chi connectivity index (χ0n) is 20.4. The maximum atomic E-state index is 12.5. The van der Waals surface area contributed by atoms with Gasteiger partial charge in [-0.2, -0.15) is 0 Å². The summed E-state index contributed by atoms with van der Waals surface area (Å²) in [5.41, 5.74) is 0.185. The molecule has 0 bridgehead atoms. The summed E-state index contributed by atoms with van der Waals surface area (Å²) in [6, 6.07) is -0.0570. The van der Waals surface area contributed by atoms with Crippen LogP contribution >= 0.6 is 0 Å². The summed E-state index contributed by atoms with van der Waals surface area (Å²) in [6.45, 7) is -0.573. The van der Waals surface area contributed by atoms with E-state index in [1.54, 1.807) is 0 Å². The zero-order valence-corrected chi connectivity index (χ0v) is 12.4. The van der Waals surface area contributed by atoms with Crippen LogP contribution in [0.3, 0.4) is 0 Å². The molecule has 0 radical (unpaired) electrons. The molecule has 1 aliphatic rings. The lowest BCUT2D eigenvalue weighted by molar-refractivity contribution is -0.130. The van der Waals surface area contributed by atoms with Crippen LogP contribution in [0.15, 0.2) is 18.6 Å². The highest BCUT2D eigenvalue weighted by molar-refractivity contribution is 5.87. The Bertz CT molecular complexity index is 1040. The van der Waals surface area contributed by atoms with E-state index in [2.05, 4.69) is 19.8 Å². The largest absolute Gasteiger partial charge is 0.354 e. The van der Waals surface area contributed by atoms with E-state index in [9.17, 15) is 4.79 Å². The average molecular weight is 320 g/mol.